The first-order valence-corrected chi connectivity index (χ1v) is 6.86. The molecular formula is C15H23FN2. The maximum atomic E-state index is 12.8. The molecule has 0 saturated carbocycles. The van der Waals surface area contributed by atoms with Crippen molar-refractivity contribution in [2.24, 2.45) is 0 Å². The number of nitrogens with zero attached hydrogens (tertiary/aromatic N) is 1. The van der Waals surface area contributed by atoms with Gasteiger partial charge in [0.25, 0.3) is 0 Å². The first-order valence-electron chi connectivity index (χ1n) is 6.86. The molecule has 2 nitrogen and oxygen atoms in total. The van der Waals surface area contributed by atoms with Crippen LogP contribution in [-0.2, 0) is 6.54 Å². The van der Waals surface area contributed by atoms with Crippen LogP contribution in [0.15, 0.2) is 24.3 Å². The molecule has 18 heavy (non-hydrogen) atoms. The van der Waals surface area contributed by atoms with Crippen LogP contribution in [0.25, 0.3) is 0 Å². The Hall–Kier alpha value is -0.930. The largest absolute Gasteiger partial charge is 0.312 e. The van der Waals surface area contributed by atoms with Crippen molar-refractivity contribution in [3.63, 3.8) is 0 Å². The van der Waals surface area contributed by atoms with Gasteiger partial charge in [0.05, 0.1) is 0 Å². The third kappa shape index (κ3) is 4.07. The van der Waals surface area contributed by atoms with E-state index in [0.717, 1.165) is 19.6 Å². The van der Waals surface area contributed by atoms with Crippen molar-refractivity contribution in [1.82, 2.24) is 10.2 Å². The van der Waals surface area contributed by atoms with Gasteiger partial charge in [-0.1, -0.05) is 26.0 Å². The van der Waals surface area contributed by atoms with E-state index in [9.17, 15) is 4.39 Å². The SMILES string of the molecule is CC(C)NC1CCN(Cc2ccc(F)cc2)CC1. The fourth-order valence-electron chi connectivity index (χ4n) is 2.58. The molecule has 0 unspecified atom stereocenters. The van der Waals surface area contributed by atoms with E-state index < -0.39 is 0 Å². The average Bonchev–Trinajstić information content (AvgIpc) is 2.34. The lowest BCUT2D eigenvalue weighted by atomic mass is 10.0. The van der Waals surface area contributed by atoms with Crippen LogP contribution in [0.1, 0.15) is 32.3 Å². The van der Waals surface area contributed by atoms with Crippen LogP contribution in [0.2, 0.25) is 0 Å². The lowest BCUT2D eigenvalue weighted by Crippen LogP contribution is -2.44. The number of piperidine rings is 1. The molecule has 0 bridgehead atoms. The molecule has 0 amide bonds. The van der Waals surface area contributed by atoms with Crippen molar-refractivity contribution in [2.75, 3.05) is 13.1 Å². The van der Waals surface area contributed by atoms with Gasteiger partial charge in [-0.25, -0.2) is 4.39 Å². The van der Waals surface area contributed by atoms with Crippen molar-refractivity contribution >= 4 is 0 Å². The highest BCUT2D eigenvalue weighted by molar-refractivity contribution is 5.15. The first kappa shape index (κ1) is 13.5. The third-order valence-corrected chi connectivity index (χ3v) is 3.48. The van der Waals surface area contributed by atoms with E-state index >= 15 is 0 Å². The number of benzene rings is 1. The van der Waals surface area contributed by atoms with Crippen molar-refractivity contribution in [2.45, 2.75) is 45.3 Å². The number of hydrogen-bond acceptors (Lipinski definition) is 2. The second-order valence-corrected chi connectivity index (χ2v) is 5.50. The Morgan fingerprint density at radius 1 is 1.22 bits per heavy atom. The number of likely N-dealkylation sites (tertiary alicyclic amines) is 1. The van der Waals surface area contributed by atoms with E-state index in [4.69, 9.17) is 0 Å². The Bertz CT molecular complexity index is 353. The second-order valence-electron chi connectivity index (χ2n) is 5.50. The van der Waals surface area contributed by atoms with Crippen molar-refractivity contribution in [1.29, 1.82) is 0 Å². The number of rotatable bonds is 4. The van der Waals surface area contributed by atoms with Crippen LogP contribution in [0.3, 0.4) is 0 Å². The van der Waals surface area contributed by atoms with Gasteiger partial charge in [0.2, 0.25) is 0 Å². The highest BCUT2D eigenvalue weighted by Crippen LogP contribution is 2.14. The third-order valence-electron chi connectivity index (χ3n) is 3.48. The minimum atomic E-state index is -0.154. The summed E-state index contributed by atoms with van der Waals surface area (Å²) in [5.74, 6) is -0.154. The van der Waals surface area contributed by atoms with Crippen LogP contribution in [0.5, 0.6) is 0 Å². The normalized spacial score (nSPS) is 18.4. The van der Waals surface area contributed by atoms with E-state index in [1.54, 1.807) is 12.1 Å². The summed E-state index contributed by atoms with van der Waals surface area (Å²) in [6.07, 6.45) is 2.42. The molecule has 2 rings (SSSR count). The Kier molecular flexibility index (Phi) is 4.72. The first-order chi connectivity index (χ1) is 8.63. The quantitative estimate of drug-likeness (QED) is 0.884. The number of hydrogen-bond donors (Lipinski definition) is 1. The smallest absolute Gasteiger partial charge is 0.123 e. The Labute approximate surface area is 109 Å². The lowest BCUT2D eigenvalue weighted by molar-refractivity contribution is 0.186. The molecule has 100 valence electrons. The predicted octanol–water partition coefficient (Wildman–Crippen LogP) is 2.79. The summed E-state index contributed by atoms with van der Waals surface area (Å²) in [5, 5.41) is 3.60. The second kappa shape index (κ2) is 6.30. The van der Waals surface area contributed by atoms with Crippen LogP contribution < -0.4 is 5.32 Å². The van der Waals surface area contributed by atoms with Gasteiger partial charge in [0, 0.05) is 18.6 Å². The molecule has 0 aromatic heterocycles. The number of halogens is 1. The zero-order chi connectivity index (χ0) is 13.0. The van der Waals surface area contributed by atoms with Gasteiger partial charge < -0.3 is 5.32 Å². The van der Waals surface area contributed by atoms with Crippen LogP contribution in [0.4, 0.5) is 4.39 Å². The molecule has 1 saturated heterocycles. The molecule has 1 heterocycles. The lowest BCUT2D eigenvalue weighted by Gasteiger charge is -2.33. The van der Waals surface area contributed by atoms with Crippen molar-refractivity contribution in [3.8, 4) is 0 Å². The van der Waals surface area contributed by atoms with Crippen molar-refractivity contribution < 1.29 is 4.39 Å². The molecule has 1 N–H and O–H groups in total. The molecular weight excluding hydrogens is 227 g/mol. The summed E-state index contributed by atoms with van der Waals surface area (Å²) in [5.41, 5.74) is 1.20. The minimum Gasteiger partial charge on any atom is -0.312 e. The van der Waals surface area contributed by atoms with E-state index in [0.29, 0.717) is 12.1 Å². The molecule has 0 atom stereocenters. The maximum Gasteiger partial charge on any atom is 0.123 e. The van der Waals surface area contributed by atoms with Gasteiger partial charge in [-0.2, -0.15) is 0 Å². The summed E-state index contributed by atoms with van der Waals surface area (Å²) < 4.78 is 12.8. The van der Waals surface area contributed by atoms with E-state index in [-0.39, 0.29) is 5.82 Å². The summed E-state index contributed by atoms with van der Waals surface area (Å²) in [7, 11) is 0. The fourth-order valence-corrected chi connectivity index (χ4v) is 2.58. The van der Waals surface area contributed by atoms with Crippen LogP contribution in [-0.4, -0.2) is 30.1 Å². The van der Waals surface area contributed by atoms with Gasteiger partial charge in [-0.15, -0.1) is 0 Å². The summed E-state index contributed by atoms with van der Waals surface area (Å²) >= 11 is 0. The van der Waals surface area contributed by atoms with Gasteiger partial charge in [-0.05, 0) is 43.6 Å². The van der Waals surface area contributed by atoms with Gasteiger partial charge >= 0.3 is 0 Å². The standard InChI is InChI=1S/C15H23FN2/c1-12(2)17-15-7-9-18(10-8-15)11-13-3-5-14(16)6-4-13/h3-6,12,15,17H,7-11H2,1-2H3. The molecule has 1 aromatic carbocycles. The Morgan fingerprint density at radius 2 is 1.83 bits per heavy atom. The van der Waals surface area contributed by atoms with E-state index in [1.165, 1.54) is 18.4 Å². The summed E-state index contributed by atoms with van der Waals surface area (Å²) in [6.45, 7) is 7.59. The van der Waals surface area contributed by atoms with E-state index in [1.807, 2.05) is 12.1 Å². The minimum absolute atomic E-state index is 0.154. The molecule has 0 radical (unpaired) electrons. The molecule has 0 aliphatic carbocycles. The summed E-state index contributed by atoms with van der Waals surface area (Å²) in [4.78, 5) is 2.45. The van der Waals surface area contributed by atoms with Crippen LogP contribution >= 0.6 is 0 Å². The maximum absolute atomic E-state index is 12.8. The van der Waals surface area contributed by atoms with E-state index in [2.05, 4.69) is 24.1 Å². The molecule has 3 heteroatoms. The topological polar surface area (TPSA) is 15.3 Å². The molecule has 1 aliphatic heterocycles. The fraction of sp³-hybridized carbons (Fsp3) is 0.600. The summed E-state index contributed by atoms with van der Waals surface area (Å²) in [6, 6.07) is 8.08. The molecule has 1 aromatic rings. The highest BCUT2D eigenvalue weighted by Gasteiger charge is 2.19. The molecule has 1 aliphatic rings. The van der Waals surface area contributed by atoms with Gasteiger partial charge in [0.15, 0.2) is 0 Å². The Morgan fingerprint density at radius 3 is 2.39 bits per heavy atom. The molecule has 0 spiro atoms. The predicted molar refractivity (Wildman–Crippen MR) is 73.0 cm³/mol. The number of nitrogens with one attached hydrogen (secondary N) is 1. The monoisotopic (exact) mass is 250 g/mol. The van der Waals surface area contributed by atoms with Crippen molar-refractivity contribution in [3.05, 3.63) is 35.6 Å². The molecule has 1 fully saturated rings. The Balaban J connectivity index is 1.78. The zero-order valence-electron chi connectivity index (χ0n) is 11.3. The van der Waals surface area contributed by atoms with Gasteiger partial charge in [-0.3, -0.25) is 4.90 Å². The zero-order valence-corrected chi connectivity index (χ0v) is 11.3. The highest BCUT2D eigenvalue weighted by atomic mass is 19.1. The van der Waals surface area contributed by atoms with Crippen LogP contribution in [0, 0.1) is 5.82 Å². The van der Waals surface area contributed by atoms with Gasteiger partial charge in [0.1, 0.15) is 5.82 Å². The average molecular weight is 250 g/mol.